The van der Waals surface area contributed by atoms with Gasteiger partial charge in [0.2, 0.25) is 0 Å². The third kappa shape index (κ3) is 2.65. The van der Waals surface area contributed by atoms with Crippen molar-refractivity contribution in [3.63, 3.8) is 0 Å². The lowest BCUT2D eigenvalue weighted by Crippen LogP contribution is -2.14. The molecule has 0 heterocycles. The maximum Gasteiger partial charge on any atom is 0.262 e. The molecule has 94 valence electrons. The van der Waals surface area contributed by atoms with Gasteiger partial charge >= 0.3 is 0 Å². The molecule has 0 amide bonds. The number of hydrogen-bond donors (Lipinski definition) is 1. The molecule has 0 spiro atoms. The van der Waals surface area contributed by atoms with Crippen molar-refractivity contribution in [2.75, 3.05) is 4.72 Å². The van der Waals surface area contributed by atoms with Gasteiger partial charge in [-0.25, -0.2) is 17.2 Å². The Morgan fingerprint density at radius 2 is 1.67 bits per heavy atom. The summed E-state index contributed by atoms with van der Waals surface area (Å²) < 4.78 is 52.0. The topological polar surface area (TPSA) is 46.2 Å². The molecule has 0 saturated heterocycles. The van der Waals surface area contributed by atoms with Crippen LogP contribution in [-0.4, -0.2) is 8.42 Å². The van der Waals surface area contributed by atoms with Gasteiger partial charge in [-0.1, -0.05) is 18.2 Å². The average Bonchev–Trinajstić information content (AvgIpc) is 2.32. The standard InChI is InChI=1S/C12H9F2NO2S/c13-9-4-3-5-10(8-9)18(16,17)15-12-7-2-1-6-11(12)14/h1-8,15H. The Labute approximate surface area is 103 Å². The number of anilines is 1. The van der Waals surface area contributed by atoms with E-state index >= 15 is 0 Å². The predicted molar refractivity (Wildman–Crippen MR) is 63.6 cm³/mol. The van der Waals surface area contributed by atoms with E-state index in [9.17, 15) is 17.2 Å². The Kier molecular flexibility index (Phi) is 3.29. The van der Waals surface area contributed by atoms with Gasteiger partial charge in [0.25, 0.3) is 10.0 Å². The quantitative estimate of drug-likeness (QED) is 0.931. The van der Waals surface area contributed by atoms with Crippen molar-refractivity contribution < 1.29 is 17.2 Å². The summed E-state index contributed by atoms with van der Waals surface area (Å²) in [6.45, 7) is 0. The van der Waals surface area contributed by atoms with Crippen LogP contribution >= 0.6 is 0 Å². The number of nitrogens with one attached hydrogen (secondary N) is 1. The van der Waals surface area contributed by atoms with Crippen LogP contribution in [0.2, 0.25) is 0 Å². The molecule has 0 aliphatic rings. The number of hydrogen-bond acceptors (Lipinski definition) is 2. The second-order valence-electron chi connectivity index (χ2n) is 3.54. The molecule has 0 aliphatic carbocycles. The number of rotatable bonds is 3. The number of para-hydroxylation sites is 1. The van der Waals surface area contributed by atoms with Crippen molar-refractivity contribution in [1.29, 1.82) is 0 Å². The van der Waals surface area contributed by atoms with E-state index < -0.39 is 21.7 Å². The zero-order valence-corrected chi connectivity index (χ0v) is 9.92. The summed E-state index contributed by atoms with van der Waals surface area (Å²) in [6.07, 6.45) is 0. The van der Waals surface area contributed by atoms with Gasteiger partial charge in [0.1, 0.15) is 11.6 Å². The van der Waals surface area contributed by atoms with Crippen molar-refractivity contribution in [3.8, 4) is 0 Å². The van der Waals surface area contributed by atoms with Gasteiger partial charge in [0.15, 0.2) is 0 Å². The minimum Gasteiger partial charge on any atom is -0.277 e. The smallest absolute Gasteiger partial charge is 0.262 e. The van der Waals surface area contributed by atoms with Crippen molar-refractivity contribution in [1.82, 2.24) is 0 Å². The van der Waals surface area contributed by atoms with Crippen LogP contribution in [0.1, 0.15) is 0 Å². The third-order valence-corrected chi connectivity index (χ3v) is 3.59. The predicted octanol–water partition coefficient (Wildman–Crippen LogP) is 2.77. The Morgan fingerprint density at radius 1 is 0.944 bits per heavy atom. The second-order valence-corrected chi connectivity index (χ2v) is 5.23. The molecule has 6 heteroatoms. The fourth-order valence-corrected chi connectivity index (χ4v) is 2.48. The largest absolute Gasteiger partial charge is 0.277 e. The van der Waals surface area contributed by atoms with Crippen LogP contribution < -0.4 is 4.72 Å². The summed E-state index contributed by atoms with van der Waals surface area (Å²) in [5, 5.41) is 0. The van der Waals surface area contributed by atoms with Gasteiger partial charge in [-0.15, -0.1) is 0 Å². The molecule has 2 rings (SSSR count). The van der Waals surface area contributed by atoms with Crippen LogP contribution in [0.5, 0.6) is 0 Å². The van der Waals surface area contributed by atoms with E-state index in [0.717, 1.165) is 18.2 Å². The van der Waals surface area contributed by atoms with Crippen LogP contribution in [0.3, 0.4) is 0 Å². The molecule has 2 aromatic rings. The molecule has 0 unspecified atom stereocenters. The van der Waals surface area contributed by atoms with Crippen LogP contribution in [0, 0.1) is 11.6 Å². The molecule has 0 radical (unpaired) electrons. The second kappa shape index (κ2) is 4.73. The van der Waals surface area contributed by atoms with E-state index in [1.807, 2.05) is 0 Å². The first-order valence-electron chi connectivity index (χ1n) is 5.02. The summed E-state index contributed by atoms with van der Waals surface area (Å²) in [7, 11) is -3.99. The number of sulfonamides is 1. The molecule has 0 fully saturated rings. The van der Waals surface area contributed by atoms with Gasteiger partial charge in [0, 0.05) is 0 Å². The Hall–Kier alpha value is -1.95. The molecule has 2 aromatic carbocycles. The fourth-order valence-electron chi connectivity index (χ4n) is 1.38. The summed E-state index contributed by atoms with van der Waals surface area (Å²) >= 11 is 0. The summed E-state index contributed by atoms with van der Waals surface area (Å²) in [6, 6.07) is 9.83. The molecule has 3 nitrogen and oxygen atoms in total. The van der Waals surface area contributed by atoms with Crippen LogP contribution in [0.25, 0.3) is 0 Å². The normalized spacial score (nSPS) is 11.2. The maximum atomic E-state index is 13.3. The highest BCUT2D eigenvalue weighted by Crippen LogP contribution is 2.19. The van der Waals surface area contributed by atoms with Gasteiger partial charge in [0.05, 0.1) is 10.6 Å². The van der Waals surface area contributed by atoms with Gasteiger partial charge < -0.3 is 0 Å². The van der Waals surface area contributed by atoms with E-state index in [2.05, 4.69) is 4.72 Å². The van der Waals surface area contributed by atoms with E-state index in [4.69, 9.17) is 0 Å². The van der Waals surface area contributed by atoms with Crippen LogP contribution in [-0.2, 0) is 10.0 Å². The highest BCUT2D eigenvalue weighted by Gasteiger charge is 2.16. The lowest BCUT2D eigenvalue weighted by molar-refractivity contribution is 0.593. The van der Waals surface area contributed by atoms with Crippen molar-refractivity contribution in [2.24, 2.45) is 0 Å². The van der Waals surface area contributed by atoms with Crippen LogP contribution in [0.4, 0.5) is 14.5 Å². The SMILES string of the molecule is O=S(=O)(Nc1ccccc1F)c1cccc(F)c1. The first kappa shape index (κ1) is 12.5. The van der Waals surface area contributed by atoms with Gasteiger partial charge in [-0.2, -0.15) is 0 Å². The first-order chi connectivity index (χ1) is 8.49. The van der Waals surface area contributed by atoms with E-state index in [0.29, 0.717) is 0 Å². The highest BCUT2D eigenvalue weighted by atomic mass is 32.2. The molecule has 1 N–H and O–H groups in total. The van der Waals surface area contributed by atoms with E-state index in [-0.39, 0.29) is 10.6 Å². The molecule has 0 saturated carbocycles. The minimum atomic E-state index is -3.99. The maximum absolute atomic E-state index is 13.3. The van der Waals surface area contributed by atoms with E-state index in [1.54, 1.807) is 0 Å². The Bertz CT molecular complexity index is 671. The monoisotopic (exact) mass is 269 g/mol. The number of halogens is 2. The molecular formula is C12H9F2NO2S. The summed E-state index contributed by atoms with van der Waals surface area (Å²) in [5.74, 6) is -1.37. The summed E-state index contributed by atoms with van der Waals surface area (Å²) in [4.78, 5) is -0.259. The number of benzene rings is 2. The lowest BCUT2D eigenvalue weighted by Gasteiger charge is -2.08. The lowest BCUT2D eigenvalue weighted by atomic mass is 10.3. The first-order valence-corrected chi connectivity index (χ1v) is 6.50. The molecule has 0 bridgehead atoms. The van der Waals surface area contributed by atoms with Crippen molar-refractivity contribution in [2.45, 2.75) is 4.90 Å². The van der Waals surface area contributed by atoms with Crippen molar-refractivity contribution in [3.05, 3.63) is 60.2 Å². The molecular weight excluding hydrogens is 260 g/mol. The van der Waals surface area contributed by atoms with Crippen molar-refractivity contribution >= 4 is 15.7 Å². The molecule has 0 atom stereocenters. The average molecular weight is 269 g/mol. The highest BCUT2D eigenvalue weighted by molar-refractivity contribution is 7.92. The minimum absolute atomic E-state index is 0.179. The zero-order valence-electron chi connectivity index (χ0n) is 9.10. The van der Waals surface area contributed by atoms with Crippen LogP contribution in [0.15, 0.2) is 53.4 Å². The Morgan fingerprint density at radius 3 is 2.33 bits per heavy atom. The third-order valence-electron chi connectivity index (χ3n) is 2.22. The molecule has 0 aromatic heterocycles. The summed E-state index contributed by atoms with van der Waals surface area (Å²) in [5.41, 5.74) is -0.179. The Balaban J connectivity index is 2.37. The zero-order chi connectivity index (χ0) is 13.2. The van der Waals surface area contributed by atoms with E-state index in [1.165, 1.54) is 30.3 Å². The van der Waals surface area contributed by atoms with Gasteiger partial charge in [-0.3, -0.25) is 4.72 Å². The molecule has 0 aliphatic heterocycles. The van der Waals surface area contributed by atoms with Gasteiger partial charge in [-0.05, 0) is 30.3 Å². The molecule has 18 heavy (non-hydrogen) atoms. The fraction of sp³-hybridized carbons (Fsp3) is 0.